The van der Waals surface area contributed by atoms with Gasteiger partial charge in [0.15, 0.2) is 19.7 Å². The van der Waals surface area contributed by atoms with Gasteiger partial charge in [-0.3, -0.25) is 4.79 Å². The molecule has 8 rings (SSSR count). The molecule has 0 amide bonds. The molecular formula is C39H39B2N5O11S2. The number of carbonyl (C=O) groups is 1. The van der Waals surface area contributed by atoms with E-state index in [1.54, 1.807) is 74.5 Å². The number of fused-ring (bicyclic) bond motifs is 2. The zero-order valence-electron chi connectivity index (χ0n) is 32.3. The van der Waals surface area contributed by atoms with Crippen LogP contribution in [0.5, 0.6) is 0 Å². The van der Waals surface area contributed by atoms with Crippen molar-refractivity contribution in [3.63, 3.8) is 0 Å². The maximum Gasteiger partial charge on any atom is 0.491 e. The van der Waals surface area contributed by atoms with Gasteiger partial charge in [-0.2, -0.15) is 0 Å². The molecule has 20 heteroatoms. The predicted octanol–water partition coefficient (Wildman–Crippen LogP) is 2.03. The van der Waals surface area contributed by atoms with Gasteiger partial charge in [0.25, 0.3) is 0 Å². The predicted molar refractivity (Wildman–Crippen MR) is 215 cm³/mol. The van der Waals surface area contributed by atoms with E-state index >= 15 is 0 Å². The summed E-state index contributed by atoms with van der Waals surface area (Å²) in [6, 6.07) is 19.9. The van der Waals surface area contributed by atoms with Crippen molar-refractivity contribution in [2.45, 2.75) is 74.5 Å². The first-order valence-electron chi connectivity index (χ1n) is 18.4. The average Bonchev–Trinajstić information content (AvgIpc) is 3.96. The average molecular weight is 840 g/mol. The van der Waals surface area contributed by atoms with Crippen LogP contribution in [0.4, 0.5) is 5.69 Å². The molecule has 2 aliphatic rings. The van der Waals surface area contributed by atoms with Crippen molar-refractivity contribution in [3.05, 3.63) is 135 Å². The molecule has 0 atom stereocenters. The highest BCUT2D eigenvalue weighted by molar-refractivity contribution is 7.91. The lowest BCUT2D eigenvalue weighted by atomic mass is 9.79. The van der Waals surface area contributed by atoms with Gasteiger partial charge in [0.2, 0.25) is 23.6 Å². The van der Waals surface area contributed by atoms with E-state index in [0.29, 0.717) is 75.6 Å². The van der Waals surface area contributed by atoms with Gasteiger partial charge in [-0.1, -0.05) is 48.5 Å². The zero-order chi connectivity index (χ0) is 42.1. The summed E-state index contributed by atoms with van der Waals surface area (Å²) in [6.07, 6.45) is 0.508. The van der Waals surface area contributed by atoms with Crippen LogP contribution in [0, 0.1) is 13.8 Å². The van der Waals surface area contributed by atoms with Crippen LogP contribution >= 0.6 is 0 Å². The fourth-order valence-electron chi connectivity index (χ4n) is 6.96. The largest absolute Gasteiger partial charge is 0.491 e. The molecule has 2 aromatic heterocycles. The molecule has 0 saturated carbocycles. The monoisotopic (exact) mass is 839 g/mol. The molecule has 304 valence electrons. The Morgan fingerprint density at radius 3 is 1.58 bits per heavy atom. The highest BCUT2D eigenvalue weighted by Crippen LogP contribution is 2.27. The third-order valence-corrected chi connectivity index (χ3v) is 13.2. The number of hydrogen-bond acceptors (Lipinski definition) is 16. The van der Waals surface area contributed by atoms with Gasteiger partial charge < -0.3 is 33.9 Å². The summed E-state index contributed by atoms with van der Waals surface area (Å²) in [4.78, 5) is 11.8. The highest BCUT2D eigenvalue weighted by Gasteiger charge is 2.30. The number of rotatable bonds is 12. The molecule has 0 bridgehead atoms. The molecule has 0 radical (unpaired) electrons. The molecule has 0 unspecified atom stereocenters. The second kappa shape index (κ2) is 17.0. The lowest BCUT2D eigenvalue weighted by molar-refractivity contribution is -0.116. The molecule has 59 heavy (non-hydrogen) atoms. The number of aromatic nitrogens is 4. The molecule has 0 spiro atoms. The number of ketones is 1. The SMILES string of the molecule is CC(=O)Cc1ccc(S(=O)(=O)Cc2ccc3c(c2)B(O)OC3)c(Cc2nnc(C)o2)c1.Cc1nnc(Cc2cc(N)ccc2S(=O)(=O)Cc2ccc3c(c2)B(O)OC3)o1. The quantitative estimate of drug-likeness (QED) is 0.118. The summed E-state index contributed by atoms with van der Waals surface area (Å²) < 4.78 is 74.0. The van der Waals surface area contributed by atoms with Gasteiger partial charge in [0, 0.05) is 26.0 Å². The molecule has 0 aliphatic carbocycles. The number of hydrogen-bond donors (Lipinski definition) is 3. The van der Waals surface area contributed by atoms with Crippen molar-refractivity contribution >= 4 is 56.3 Å². The Bertz CT molecular complexity index is 2780. The Hall–Kier alpha value is -5.50. The standard InChI is InChI=1S/C21H21BN2O6S.C18H18BN3O5S/c1-13(25)7-15-4-6-20(18(8-15)10-21-24-23-14(2)30-21)31(27,28)12-16-3-5-17-11-29-22(26)19(17)9-16;1-11-21-22-18(27-11)8-14-7-15(20)4-5-17(14)28(24,25)10-12-2-3-13-9-26-19(23)16(13)6-12/h3-6,8-9,26H,7,10-12H2,1-2H3;2-7,23H,8-10,20H2,1H3. The lowest BCUT2D eigenvalue weighted by Crippen LogP contribution is -2.28. The van der Waals surface area contributed by atoms with Gasteiger partial charge in [-0.25, -0.2) is 16.8 Å². The molecule has 0 saturated heterocycles. The molecule has 4 aromatic carbocycles. The van der Waals surface area contributed by atoms with Crippen molar-refractivity contribution in [2.75, 3.05) is 5.73 Å². The normalized spacial score (nSPS) is 13.6. The van der Waals surface area contributed by atoms with Crippen LogP contribution in [-0.4, -0.2) is 67.3 Å². The first-order chi connectivity index (χ1) is 28.0. The Morgan fingerprint density at radius 2 is 1.12 bits per heavy atom. The fraction of sp³-hybridized carbons (Fsp3) is 0.256. The minimum absolute atomic E-state index is 0.0193. The summed E-state index contributed by atoms with van der Waals surface area (Å²) in [5.41, 5.74) is 12.0. The van der Waals surface area contributed by atoms with Crippen molar-refractivity contribution in [1.82, 2.24) is 20.4 Å². The third-order valence-electron chi connectivity index (χ3n) is 9.61. The minimum Gasteiger partial charge on any atom is -0.425 e. The van der Waals surface area contributed by atoms with Crippen LogP contribution in [0.25, 0.3) is 0 Å². The number of carbonyl (C=O) groups excluding carboxylic acids is 1. The Kier molecular flexibility index (Phi) is 12.0. The summed E-state index contributed by atoms with van der Waals surface area (Å²) in [7, 11) is -9.48. The number of benzene rings is 4. The van der Waals surface area contributed by atoms with E-state index in [2.05, 4.69) is 20.4 Å². The van der Waals surface area contributed by atoms with E-state index in [9.17, 15) is 31.7 Å². The summed E-state index contributed by atoms with van der Waals surface area (Å²) in [5.74, 6) is 0.931. The molecule has 2 aliphatic heterocycles. The van der Waals surface area contributed by atoms with Crippen molar-refractivity contribution in [2.24, 2.45) is 0 Å². The number of sulfone groups is 2. The smallest absolute Gasteiger partial charge is 0.425 e. The van der Waals surface area contributed by atoms with Gasteiger partial charge in [0.1, 0.15) is 5.78 Å². The Labute approximate surface area is 340 Å². The van der Waals surface area contributed by atoms with Crippen molar-refractivity contribution < 1.29 is 49.8 Å². The second-order valence-corrected chi connectivity index (χ2v) is 18.3. The van der Waals surface area contributed by atoms with Crippen LogP contribution in [0.2, 0.25) is 0 Å². The first-order valence-corrected chi connectivity index (χ1v) is 21.7. The van der Waals surface area contributed by atoms with Gasteiger partial charge >= 0.3 is 14.2 Å². The molecule has 16 nitrogen and oxygen atoms in total. The molecule has 0 fully saturated rings. The van der Waals surface area contributed by atoms with E-state index in [0.717, 1.165) is 16.7 Å². The van der Waals surface area contributed by atoms with E-state index in [1.165, 1.54) is 19.1 Å². The number of nitrogens with two attached hydrogens (primary N) is 1. The topological polar surface area (TPSA) is 248 Å². The van der Waals surface area contributed by atoms with Crippen LogP contribution in [0.3, 0.4) is 0 Å². The maximum atomic E-state index is 13.3. The summed E-state index contributed by atoms with van der Waals surface area (Å²) in [5, 5.41) is 35.2. The number of anilines is 1. The molecular weight excluding hydrogens is 800 g/mol. The van der Waals surface area contributed by atoms with E-state index in [4.69, 9.17) is 23.9 Å². The second-order valence-electron chi connectivity index (χ2n) is 14.4. The minimum atomic E-state index is -3.73. The highest BCUT2D eigenvalue weighted by atomic mass is 32.2. The zero-order valence-corrected chi connectivity index (χ0v) is 33.9. The van der Waals surface area contributed by atoms with Crippen LogP contribution in [0.1, 0.15) is 69.4 Å². The van der Waals surface area contributed by atoms with Gasteiger partial charge in [0.05, 0.1) is 47.4 Å². The van der Waals surface area contributed by atoms with E-state index in [-0.39, 0.29) is 46.3 Å². The Balaban J connectivity index is 0.000000180. The molecule has 6 aromatic rings. The molecule has 4 N–H and O–H groups in total. The van der Waals surface area contributed by atoms with Crippen molar-refractivity contribution in [1.29, 1.82) is 0 Å². The number of Topliss-reactive ketones (excluding diaryl/α,β-unsaturated/α-hetero) is 1. The third kappa shape index (κ3) is 9.86. The first kappa shape index (κ1) is 41.7. The van der Waals surface area contributed by atoms with Gasteiger partial charge in [-0.05, 0) is 81.1 Å². The van der Waals surface area contributed by atoms with E-state index < -0.39 is 33.9 Å². The van der Waals surface area contributed by atoms with Crippen LogP contribution in [0.15, 0.2) is 91.4 Å². The van der Waals surface area contributed by atoms with Crippen LogP contribution in [-0.2, 0) is 77.8 Å². The number of nitrogen functional groups attached to an aromatic ring is 1. The number of nitrogens with zero attached hydrogens (tertiary/aromatic N) is 4. The van der Waals surface area contributed by atoms with Crippen LogP contribution < -0.4 is 16.7 Å². The maximum absolute atomic E-state index is 13.3. The van der Waals surface area contributed by atoms with Crippen molar-refractivity contribution in [3.8, 4) is 0 Å². The van der Waals surface area contributed by atoms with E-state index in [1.807, 2.05) is 0 Å². The Morgan fingerprint density at radius 1 is 0.661 bits per heavy atom. The lowest BCUT2D eigenvalue weighted by Gasteiger charge is -2.12. The summed E-state index contributed by atoms with van der Waals surface area (Å²) in [6.45, 7) is 5.42. The molecule has 4 heterocycles. The fourth-order valence-corrected chi connectivity index (χ4v) is 10.1. The van der Waals surface area contributed by atoms with Gasteiger partial charge in [-0.15, -0.1) is 20.4 Å². The number of aryl methyl sites for hydroxylation is 2. The summed E-state index contributed by atoms with van der Waals surface area (Å²) >= 11 is 0.